The first-order valence-electron chi connectivity index (χ1n) is 8.47. The quantitative estimate of drug-likeness (QED) is 0.434. The third-order valence-corrected chi connectivity index (χ3v) is 4.23. The highest BCUT2D eigenvalue weighted by Crippen LogP contribution is 2.30. The number of hydrogen-bond donors (Lipinski definition) is 1. The molecule has 0 bridgehead atoms. The van der Waals surface area contributed by atoms with Crippen molar-refractivity contribution in [2.45, 2.75) is 19.6 Å². The number of esters is 1. The molecule has 0 heterocycles. The van der Waals surface area contributed by atoms with Crippen LogP contribution in [0.4, 0.5) is 14.5 Å². The van der Waals surface area contributed by atoms with E-state index in [1.807, 2.05) is 0 Å². The average molecular weight is 460 g/mol. The molecule has 0 spiro atoms. The van der Waals surface area contributed by atoms with Crippen LogP contribution < -0.4 is 14.8 Å². The number of carbonyl (C=O) groups excluding carboxylic acids is 2. The number of carbonyl (C=O) groups is 2. The normalized spacial score (nSPS) is 12.0. The lowest BCUT2D eigenvalue weighted by molar-refractivity contribution is -0.148. The molecule has 1 N–H and O–H groups in total. The summed E-state index contributed by atoms with van der Waals surface area (Å²) in [7, 11) is 1.29. The van der Waals surface area contributed by atoms with Gasteiger partial charge in [-0.2, -0.15) is 8.78 Å². The second kappa shape index (κ2) is 10.8. The van der Waals surface area contributed by atoms with E-state index in [1.165, 1.54) is 50.4 Å². The summed E-state index contributed by atoms with van der Waals surface area (Å²) in [5.41, 5.74) is 0.749. The third-order valence-electron chi connectivity index (χ3n) is 3.66. The minimum absolute atomic E-state index is 0.0666. The summed E-state index contributed by atoms with van der Waals surface area (Å²) in [6.45, 7) is -1.61. The van der Waals surface area contributed by atoms with Gasteiger partial charge in [0, 0.05) is 11.1 Å². The van der Waals surface area contributed by atoms with Crippen LogP contribution >= 0.6 is 23.2 Å². The van der Waals surface area contributed by atoms with Crippen LogP contribution in [0.25, 0.3) is 6.08 Å². The van der Waals surface area contributed by atoms with E-state index >= 15 is 0 Å². The summed E-state index contributed by atoms with van der Waals surface area (Å²) in [5, 5.41) is 3.17. The van der Waals surface area contributed by atoms with E-state index in [4.69, 9.17) is 32.7 Å². The summed E-state index contributed by atoms with van der Waals surface area (Å²) < 4.78 is 39.1. The molecular weight excluding hydrogens is 443 g/mol. The second-order valence-electron chi connectivity index (χ2n) is 5.81. The zero-order valence-corrected chi connectivity index (χ0v) is 17.3. The van der Waals surface area contributed by atoms with E-state index < -0.39 is 24.6 Å². The molecule has 1 amide bonds. The van der Waals surface area contributed by atoms with Gasteiger partial charge in [0.15, 0.2) is 17.6 Å². The lowest BCUT2D eigenvalue weighted by Gasteiger charge is -2.13. The Kier molecular flexibility index (Phi) is 8.44. The first-order valence-corrected chi connectivity index (χ1v) is 9.22. The fourth-order valence-corrected chi connectivity index (χ4v) is 2.58. The number of alkyl halides is 2. The third kappa shape index (κ3) is 6.89. The molecule has 30 heavy (non-hydrogen) atoms. The molecule has 0 saturated heterocycles. The van der Waals surface area contributed by atoms with Gasteiger partial charge in [0.2, 0.25) is 0 Å². The van der Waals surface area contributed by atoms with Gasteiger partial charge in [-0.05, 0) is 48.9 Å². The van der Waals surface area contributed by atoms with Crippen molar-refractivity contribution in [1.82, 2.24) is 0 Å². The van der Waals surface area contributed by atoms with Crippen molar-refractivity contribution in [2.24, 2.45) is 0 Å². The van der Waals surface area contributed by atoms with Gasteiger partial charge < -0.3 is 19.5 Å². The molecule has 2 aromatic carbocycles. The highest BCUT2D eigenvalue weighted by molar-refractivity contribution is 6.35. The maximum absolute atomic E-state index is 12.4. The molecule has 2 aromatic rings. The van der Waals surface area contributed by atoms with Crippen LogP contribution in [0.2, 0.25) is 10.0 Å². The van der Waals surface area contributed by atoms with Crippen LogP contribution in [0, 0.1) is 0 Å². The van der Waals surface area contributed by atoms with Gasteiger partial charge in [-0.3, -0.25) is 4.79 Å². The van der Waals surface area contributed by atoms with Crippen LogP contribution in [0.1, 0.15) is 12.5 Å². The van der Waals surface area contributed by atoms with Gasteiger partial charge in [-0.15, -0.1) is 0 Å². The molecule has 0 saturated carbocycles. The largest absolute Gasteiger partial charge is 0.493 e. The minimum Gasteiger partial charge on any atom is -0.493 e. The first-order chi connectivity index (χ1) is 14.2. The summed E-state index contributed by atoms with van der Waals surface area (Å²) >= 11 is 11.8. The van der Waals surface area contributed by atoms with Crippen molar-refractivity contribution in [2.75, 3.05) is 12.4 Å². The molecule has 0 aliphatic rings. The Morgan fingerprint density at radius 2 is 1.83 bits per heavy atom. The Hall–Kier alpha value is -2.84. The fraction of sp³-hybridized carbons (Fsp3) is 0.200. The number of benzene rings is 2. The molecule has 6 nitrogen and oxygen atoms in total. The topological polar surface area (TPSA) is 73.9 Å². The fourth-order valence-electron chi connectivity index (χ4n) is 2.24. The number of ether oxygens (including phenoxy) is 3. The Labute approximate surface area is 181 Å². The van der Waals surface area contributed by atoms with Crippen molar-refractivity contribution in [3.05, 3.63) is 58.1 Å². The van der Waals surface area contributed by atoms with Gasteiger partial charge in [0.25, 0.3) is 5.91 Å². The molecule has 1 atom stereocenters. The zero-order chi connectivity index (χ0) is 22.3. The summed E-state index contributed by atoms with van der Waals surface area (Å²) in [6.07, 6.45) is 1.34. The lowest BCUT2D eigenvalue weighted by Crippen LogP contribution is -2.29. The molecule has 160 valence electrons. The van der Waals surface area contributed by atoms with Crippen LogP contribution in [0.5, 0.6) is 11.5 Å². The number of rotatable bonds is 8. The average Bonchev–Trinajstić information content (AvgIpc) is 2.69. The zero-order valence-electron chi connectivity index (χ0n) is 15.8. The number of halogens is 4. The Bertz CT molecular complexity index is 953. The molecule has 0 aromatic heterocycles. The molecule has 0 aliphatic carbocycles. The summed E-state index contributed by atoms with van der Waals surface area (Å²) in [5.74, 6) is -1.47. The Morgan fingerprint density at radius 1 is 1.10 bits per heavy atom. The van der Waals surface area contributed by atoms with Crippen LogP contribution in [0.3, 0.4) is 0 Å². The summed E-state index contributed by atoms with van der Waals surface area (Å²) in [4.78, 5) is 24.2. The highest BCUT2D eigenvalue weighted by atomic mass is 35.5. The smallest absolute Gasteiger partial charge is 0.387 e. The van der Waals surface area contributed by atoms with Gasteiger partial charge in [-0.25, -0.2) is 4.79 Å². The number of nitrogens with one attached hydrogen (secondary N) is 1. The molecule has 2 rings (SSSR count). The second-order valence-corrected chi connectivity index (χ2v) is 6.66. The standard InChI is InChI=1S/C20H17Cl2F2NO5/c1-11(19(27)25-15-10-13(21)5-6-14(15)22)29-18(26)8-4-12-3-7-16(30-20(23)24)17(9-12)28-2/h3-11,20H,1-2H3,(H,25,27)/b8-4+. The summed E-state index contributed by atoms with van der Waals surface area (Å²) in [6, 6.07) is 8.67. The maximum atomic E-state index is 12.4. The van der Waals surface area contributed by atoms with Crippen molar-refractivity contribution >= 4 is 46.8 Å². The van der Waals surface area contributed by atoms with E-state index in [0.717, 1.165) is 6.08 Å². The highest BCUT2D eigenvalue weighted by Gasteiger charge is 2.18. The SMILES string of the molecule is COc1cc(/C=C/C(=O)OC(C)C(=O)Nc2cc(Cl)ccc2Cl)ccc1OC(F)F. The van der Waals surface area contributed by atoms with Crippen molar-refractivity contribution < 1.29 is 32.6 Å². The number of methoxy groups -OCH3 is 1. The van der Waals surface area contributed by atoms with E-state index in [-0.39, 0.29) is 22.2 Å². The molecule has 0 radical (unpaired) electrons. The van der Waals surface area contributed by atoms with E-state index in [0.29, 0.717) is 10.6 Å². The number of anilines is 1. The van der Waals surface area contributed by atoms with E-state index in [1.54, 1.807) is 6.07 Å². The van der Waals surface area contributed by atoms with E-state index in [2.05, 4.69) is 10.1 Å². The van der Waals surface area contributed by atoms with E-state index in [9.17, 15) is 18.4 Å². The first kappa shape index (κ1) is 23.4. The monoisotopic (exact) mass is 459 g/mol. The van der Waals surface area contributed by atoms with Gasteiger partial charge in [0.05, 0.1) is 17.8 Å². The Morgan fingerprint density at radius 3 is 2.50 bits per heavy atom. The molecule has 0 fully saturated rings. The molecular formula is C20H17Cl2F2NO5. The molecule has 10 heteroatoms. The van der Waals surface area contributed by atoms with Crippen LogP contribution in [-0.2, 0) is 14.3 Å². The predicted molar refractivity (Wildman–Crippen MR) is 109 cm³/mol. The van der Waals surface area contributed by atoms with Gasteiger partial charge >= 0.3 is 12.6 Å². The van der Waals surface area contributed by atoms with Crippen LogP contribution in [0.15, 0.2) is 42.5 Å². The van der Waals surface area contributed by atoms with Crippen molar-refractivity contribution in [3.8, 4) is 11.5 Å². The lowest BCUT2D eigenvalue weighted by atomic mass is 10.2. The van der Waals surface area contributed by atoms with Gasteiger partial charge in [-0.1, -0.05) is 29.3 Å². The van der Waals surface area contributed by atoms with Crippen molar-refractivity contribution in [1.29, 1.82) is 0 Å². The van der Waals surface area contributed by atoms with Crippen LogP contribution in [-0.4, -0.2) is 31.7 Å². The minimum atomic E-state index is -3.00. The predicted octanol–water partition coefficient (Wildman–Crippen LogP) is 5.19. The van der Waals surface area contributed by atoms with Gasteiger partial charge in [0.1, 0.15) is 0 Å². The number of amides is 1. The molecule has 1 unspecified atom stereocenters. The van der Waals surface area contributed by atoms with Crippen molar-refractivity contribution in [3.63, 3.8) is 0 Å². The number of hydrogen-bond acceptors (Lipinski definition) is 5. The molecule has 0 aliphatic heterocycles. The maximum Gasteiger partial charge on any atom is 0.387 e. The Balaban J connectivity index is 1.98.